The molecule has 2 aromatic rings. The number of aryl methyl sites for hydroxylation is 1. The Morgan fingerprint density at radius 2 is 2.06 bits per heavy atom. The van der Waals surface area contributed by atoms with Gasteiger partial charge in [0.2, 0.25) is 0 Å². The molecule has 0 bridgehead atoms. The van der Waals surface area contributed by atoms with E-state index in [2.05, 4.69) is 15.8 Å². The standard InChI is InChI=1S/C13H14N4O/c1-17-8-7-11(10-17)9-14-16-13(18)15-12-5-3-2-4-6-12/h2-10H,1H3,(H2,15,16,18)/b14-9+. The molecule has 0 radical (unpaired) electrons. The molecule has 0 fully saturated rings. The second-order valence-electron chi connectivity index (χ2n) is 3.80. The first-order valence-corrected chi connectivity index (χ1v) is 5.51. The summed E-state index contributed by atoms with van der Waals surface area (Å²) in [5, 5.41) is 6.52. The average Bonchev–Trinajstić information content (AvgIpc) is 2.76. The average molecular weight is 242 g/mol. The van der Waals surface area contributed by atoms with Gasteiger partial charge in [0.05, 0.1) is 6.21 Å². The number of hydrogen-bond acceptors (Lipinski definition) is 2. The van der Waals surface area contributed by atoms with Crippen LogP contribution in [0.5, 0.6) is 0 Å². The number of benzene rings is 1. The largest absolute Gasteiger partial charge is 0.357 e. The first-order chi connectivity index (χ1) is 8.74. The summed E-state index contributed by atoms with van der Waals surface area (Å²) >= 11 is 0. The number of nitrogens with one attached hydrogen (secondary N) is 2. The molecule has 2 rings (SSSR count). The Kier molecular flexibility index (Phi) is 3.76. The summed E-state index contributed by atoms with van der Waals surface area (Å²) in [5.41, 5.74) is 4.05. The number of anilines is 1. The van der Waals surface area contributed by atoms with Crippen molar-refractivity contribution in [2.75, 3.05) is 5.32 Å². The maximum Gasteiger partial charge on any atom is 0.339 e. The van der Waals surface area contributed by atoms with Crippen LogP contribution in [0, 0.1) is 0 Å². The van der Waals surface area contributed by atoms with Gasteiger partial charge in [-0.15, -0.1) is 0 Å². The number of amides is 2. The molecule has 1 heterocycles. The number of nitrogens with zero attached hydrogens (tertiary/aromatic N) is 2. The third kappa shape index (κ3) is 3.48. The molecule has 5 heteroatoms. The van der Waals surface area contributed by atoms with Crippen molar-refractivity contribution < 1.29 is 4.79 Å². The van der Waals surface area contributed by atoms with Crippen LogP contribution in [0.15, 0.2) is 53.9 Å². The van der Waals surface area contributed by atoms with Crippen LogP contribution in [0.4, 0.5) is 10.5 Å². The van der Waals surface area contributed by atoms with Crippen LogP contribution in [0.2, 0.25) is 0 Å². The van der Waals surface area contributed by atoms with Crippen LogP contribution in [0.1, 0.15) is 5.56 Å². The van der Waals surface area contributed by atoms with Gasteiger partial charge in [0.15, 0.2) is 0 Å². The predicted molar refractivity (Wildman–Crippen MR) is 71.6 cm³/mol. The van der Waals surface area contributed by atoms with Crippen molar-refractivity contribution in [3.05, 3.63) is 54.4 Å². The number of urea groups is 1. The highest BCUT2D eigenvalue weighted by molar-refractivity contribution is 5.90. The normalized spacial score (nSPS) is 10.5. The van der Waals surface area contributed by atoms with Gasteiger partial charge in [-0.3, -0.25) is 0 Å². The quantitative estimate of drug-likeness (QED) is 0.629. The molecule has 0 aliphatic rings. The Balaban J connectivity index is 1.83. The molecule has 1 aromatic heterocycles. The minimum Gasteiger partial charge on any atom is -0.357 e. The van der Waals surface area contributed by atoms with Crippen LogP contribution >= 0.6 is 0 Å². The molecule has 0 saturated carbocycles. The van der Waals surface area contributed by atoms with Crippen molar-refractivity contribution >= 4 is 17.9 Å². The molecular formula is C13H14N4O. The van der Waals surface area contributed by atoms with E-state index in [9.17, 15) is 4.79 Å². The zero-order valence-corrected chi connectivity index (χ0v) is 10.00. The molecular weight excluding hydrogens is 228 g/mol. The van der Waals surface area contributed by atoms with Crippen LogP contribution in [-0.4, -0.2) is 16.8 Å². The van der Waals surface area contributed by atoms with E-state index in [0.29, 0.717) is 0 Å². The van der Waals surface area contributed by atoms with Gasteiger partial charge in [-0.05, 0) is 18.2 Å². The summed E-state index contributed by atoms with van der Waals surface area (Å²) in [7, 11) is 1.92. The molecule has 2 N–H and O–H groups in total. The fourth-order valence-corrected chi connectivity index (χ4v) is 1.45. The Hall–Kier alpha value is -2.56. The summed E-state index contributed by atoms with van der Waals surface area (Å²) in [4.78, 5) is 11.5. The van der Waals surface area contributed by atoms with E-state index in [0.717, 1.165) is 11.3 Å². The number of carbonyl (C=O) groups is 1. The molecule has 1 aromatic carbocycles. The van der Waals surface area contributed by atoms with Gasteiger partial charge in [0.1, 0.15) is 0 Å². The van der Waals surface area contributed by atoms with E-state index in [1.54, 1.807) is 18.3 Å². The fourth-order valence-electron chi connectivity index (χ4n) is 1.45. The van der Waals surface area contributed by atoms with E-state index >= 15 is 0 Å². The van der Waals surface area contributed by atoms with Crippen molar-refractivity contribution in [3.63, 3.8) is 0 Å². The zero-order chi connectivity index (χ0) is 12.8. The minimum absolute atomic E-state index is 0.367. The second kappa shape index (κ2) is 5.67. The van der Waals surface area contributed by atoms with Crippen LogP contribution in [0.3, 0.4) is 0 Å². The van der Waals surface area contributed by atoms with Gasteiger partial charge < -0.3 is 9.88 Å². The van der Waals surface area contributed by atoms with Crippen molar-refractivity contribution in [2.24, 2.45) is 12.1 Å². The third-order valence-electron chi connectivity index (χ3n) is 2.27. The van der Waals surface area contributed by atoms with E-state index in [1.807, 2.05) is 48.3 Å². The van der Waals surface area contributed by atoms with Gasteiger partial charge in [0.25, 0.3) is 0 Å². The maximum absolute atomic E-state index is 11.5. The molecule has 0 unspecified atom stereocenters. The van der Waals surface area contributed by atoms with Crippen molar-refractivity contribution in [1.29, 1.82) is 0 Å². The first-order valence-electron chi connectivity index (χ1n) is 5.51. The minimum atomic E-state index is -0.367. The predicted octanol–water partition coefficient (Wildman–Crippen LogP) is 2.18. The number of carbonyl (C=O) groups excluding carboxylic acids is 1. The Morgan fingerprint density at radius 1 is 1.28 bits per heavy atom. The maximum atomic E-state index is 11.5. The first kappa shape index (κ1) is 11.9. The van der Waals surface area contributed by atoms with Crippen molar-refractivity contribution in [2.45, 2.75) is 0 Å². The molecule has 0 saturated heterocycles. The molecule has 0 spiro atoms. The Labute approximate surface area is 105 Å². The highest BCUT2D eigenvalue weighted by Crippen LogP contribution is 2.03. The number of rotatable bonds is 3. The van der Waals surface area contributed by atoms with E-state index in [-0.39, 0.29) is 6.03 Å². The molecule has 0 atom stereocenters. The third-order valence-corrected chi connectivity index (χ3v) is 2.27. The fraction of sp³-hybridized carbons (Fsp3) is 0.0769. The summed E-state index contributed by atoms with van der Waals surface area (Å²) in [6.07, 6.45) is 5.40. The van der Waals surface area contributed by atoms with E-state index in [1.165, 1.54) is 0 Å². The lowest BCUT2D eigenvalue weighted by molar-refractivity contribution is 0.252. The number of para-hydroxylation sites is 1. The highest BCUT2D eigenvalue weighted by atomic mass is 16.2. The molecule has 0 aliphatic carbocycles. The summed E-state index contributed by atoms with van der Waals surface area (Å²) < 4.78 is 1.91. The highest BCUT2D eigenvalue weighted by Gasteiger charge is 1.98. The lowest BCUT2D eigenvalue weighted by Crippen LogP contribution is -2.24. The smallest absolute Gasteiger partial charge is 0.339 e. The topological polar surface area (TPSA) is 58.4 Å². The second-order valence-corrected chi connectivity index (χ2v) is 3.80. The number of aromatic nitrogens is 1. The van der Waals surface area contributed by atoms with E-state index in [4.69, 9.17) is 0 Å². The monoisotopic (exact) mass is 242 g/mol. The summed E-state index contributed by atoms with van der Waals surface area (Å²) in [5.74, 6) is 0. The summed E-state index contributed by atoms with van der Waals surface area (Å²) in [6.45, 7) is 0. The van der Waals surface area contributed by atoms with Crippen molar-refractivity contribution in [1.82, 2.24) is 9.99 Å². The molecule has 5 nitrogen and oxygen atoms in total. The van der Waals surface area contributed by atoms with E-state index < -0.39 is 0 Å². The van der Waals surface area contributed by atoms with Crippen LogP contribution in [-0.2, 0) is 7.05 Å². The lowest BCUT2D eigenvalue weighted by Gasteiger charge is -2.02. The number of hydrogen-bond donors (Lipinski definition) is 2. The van der Waals surface area contributed by atoms with Crippen LogP contribution in [0.25, 0.3) is 0 Å². The molecule has 0 aliphatic heterocycles. The van der Waals surface area contributed by atoms with Gasteiger partial charge in [-0.2, -0.15) is 5.10 Å². The zero-order valence-electron chi connectivity index (χ0n) is 10.00. The lowest BCUT2D eigenvalue weighted by atomic mass is 10.3. The van der Waals surface area contributed by atoms with Crippen LogP contribution < -0.4 is 10.7 Å². The molecule has 18 heavy (non-hydrogen) atoms. The van der Waals surface area contributed by atoms with Gasteiger partial charge in [0, 0.05) is 30.7 Å². The number of hydrazone groups is 1. The van der Waals surface area contributed by atoms with Gasteiger partial charge in [-0.1, -0.05) is 18.2 Å². The molecule has 92 valence electrons. The Bertz CT molecular complexity index is 545. The summed E-state index contributed by atoms with van der Waals surface area (Å²) in [6, 6.07) is 10.7. The van der Waals surface area contributed by atoms with Gasteiger partial charge in [-0.25, -0.2) is 10.2 Å². The SMILES string of the molecule is Cn1ccc(/C=N/NC(=O)Nc2ccccc2)c1. The van der Waals surface area contributed by atoms with Crippen molar-refractivity contribution in [3.8, 4) is 0 Å². The van der Waals surface area contributed by atoms with Gasteiger partial charge >= 0.3 is 6.03 Å². The molecule has 2 amide bonds. The Morgan fingerprint density at radius 3 is 2.72 bits per heavy atom.